The van der Waals surface area contributed by atoms with Crippen molar-refractivity contribution < 1.29 is 8.42 Å². The normalized spacial score (nSPS) is 12.0. The molecule has 0 N–H and O–H groups in total. The highest BCUT2D eigenvalue weighted by atomic mass is 32.2. The average molecular weight is 599 g/mol. The van der Waals surface area contributed by atoms with Crippen LogP contribution in [0.4, 0.5) is 0 Å². The third-order valence-electron chi connectivity index (χ3n) is 7.65. The van der Waals surface area contributed by atoms with Gasteiger partial charge < -0.3 is 0 Å². The fourth-order valence-corrected chi connectivity index (χ4v) is 7.61. The van der Waals surface area contributed by atoms with E-state index in [0.29, 0.717) is 9.90 Å². The first-order valence-corrected chi connectivity index (χ1v) is 16.4. The summed E-state index contributed by atoms with van der Waals surface area (Å²) in [5, 5.41) is 5.85. The largest absolute Gasteiger partial charge is 0.252 e. The van der Waals surface area contributed by atoms with Crippen LogP contribution in [0.3, 0.4) is 0 Å². The molecule has 0 radical (unpaired) electrons. The molecule has 4 aromatic carbocycles. The highest BCUT2D eigenvalue weighted by Crippen LogP contribution is 2.41. The van der Waals surface area contributed by atoms with E-state index < -0.39 is 15.4 Å². The van der Waals surface area contributed by atoms with Gasteiger partial charge >= 0.3 is 0 Å². The molecular formula is C35H26N4O2S2. The van der Waals surface area contributed by atoms with Crippen molar-refractivity contribution in [1.82, 2.24) is 19.7 Å². The van der Waals surface area contributed by atoms with Crippen molar-refractivity contribution in [2.75, 3.05) is 6.26 Å². The van der Waals surface area contributed by atoms with Crippen LogP contribution >= 0.6 is 11.3 Å². The van der Waals surface area contributed by atoms with Gasteiger partial charge in [-0.3, -0.25) is 4.68 Å². The number of thiophene rings is 1. The summed E-state index contributed by atoms with van der Waals surface area (Å²) < 4.78 is 26.6. The Bertz CT molecular complexity index is 2060. The van der Waals surface area contributed by atoms with Gasteiger partial charge in [0.15, 0.2) is 9.84 Å². The monoisotopic (exact) mass is 598 g/mol. The molecule has 0 saturated carbocycles. The lowest BCUT2D eigenvalue weighted by Crippen LogP contribution is -2.38. The zero-order chi connectivity index (χ0) is 29.4. The van der Waals surface area contributed by atoms with Crippen LogP contribution in [0, 0.1) is 0 Å². The standard InChI is InChI=1S/C35H26N4O2S2/c1-43(40,41)33-20-19-32(42-33)34-30-21-25(17-18-31(30)36-24-37-34)26-22-38-39(23-26)35(27-11-5-2-6-12-27,28-13-7-3-8-14-28)29-15-9-4-10-16-29/h2-24H,1H3. The highest BCUT2D eigenvalue weighted by Gasteiger charge is 2.39. The molecule has 3 heterocycles. The lowest BCUT2D eigenvalue weighted by atomic mass is 9.77. The summed E-state index contributed by atoms with van der Waals surface area (Å²) in [4.78, 5) is 9.80. The molecule has 0 spiro atoms. The van der Waals surface area contributed by atoms with Crippen LogP contribution in [0.15, 0.2) is 144 Å². The summed E-state index contributed by atoms with van der Waals surface area (Å²) in [7, 11) is -3.31. The van der Waals surface area contributed by atoms with Crippen LogP contribution in [0.2, 0.25) is 0 Å². The van der Waals surface area contributed by atoms with Crippen molar-refractivity contribution in [3.63, 3.8) is 0 Å². The lowest BCUT2D eigenvalue weighted by molar-refractivity contribution is 0.460. The molecule has 0 aliphatic heterocycles. The molecule has 0 bridgehead atoms. The zero-order valence-electron chi connectivity index (χ0n) is 23.2. The van der Waals surface area contributed by atoms with E-state index in [-0.39, 0.29) is 0 Å². The molecule has 0 aliphatic rings. The highest BCUT2D eigenvalue weighted by molar-refractivity contribution is 7.92. The Balaban J connectivity index is 1.41. The number of hydrogen-bond acceptors (Lipinski definition) is 6. The van der Waals surface area contributed by atoms with Crippen molar-refractivity contribution in [2.24, 2.45) is 0 Å². The minimum atomic E-state index is -3.31. The predicted molar refractivity (Wildman–Crippen MR) is 172 cm³/mol. The number of hydrogen-bond donors (Lipinski definition) is 0. The number of benzene rings is 4. The van der Waals surface area contributed by atoms with Crippen LogP contribution in [-0.4, -0.2) is 34.4 Å². The topological polar surface area (TPSA) is 77.7 Å². The van der Waals surface area contributed by atoms with Gasteiger partial charge in [0, 0.05) is 23.4 Å². The van der Waals surface area contributed by atoms with E-state index >= 15 is 0 Å². The SMILES string of the molecule is CS(=O)(=O)c1ccc(-c2ncnc3ccc(-c4cnn(C(c5ccccc5)(c5ccccc5)c5ccccc5)c4)cc23)s1. The third-order valence-corrected chi connectivity index (χ3v) is 10.6. The Morgan fingerprint density at radius 3 is 1.86 bits per heavy atom. The lowest BCUT2D eigenvalue weighted by Gasteiger charge is -2.36. The second-order valence-electron chi connectivity index (χ2n) is 10.3. The van der Waals surface area contributed by atoms with E-state index in [0.717, 1.165) is 43.6 Å². The Morgan fingerprint density at radius 1 is 0.698 bits per heavy atom. The summed E-state index contributed by atoms with van der Waals surface area (Å²) in [5.74, 6) is 0. The van der Waals surface area contributed by atoms with Crippen molar-refractivity contribution in [2.45, 2.75) is 9.75 Å². The van der Waals surface area contributed by atoms with Crippen LogP contribution in [0.5, 0.6) is 0 Å². The molecule has 0 aliphatic carbocycles. The molecule has 8 heteroatoms. The van der Waals surface area contributed by atoms with Crippen molar-refractivity contribution in [3.05, 3.63) is 157 Å². The van der Waals surface area contributed by atoms with Crippen molar-refractivity contribution in [3.8, 4) is 21.7 Å². The van der Waals surface area contributed by atoms with Gasteiger partial charge in [-0.15, -0.1) is 11.3 Å². The molecule has 0 unspecified atom stereocenters. The number of nitrogens with zero attached hydrogens (tertiary/aromatic N) is 4. The molecule has 6 nitrogen and oxygen atoms in total. The predicted octanol–water partition coefficient (Wildman–Crippen LogP) is 7.47. The van der Waals surface area contributed by atoms with Gasteiger partial charge in [0.2, 0.25) is 0 Å². The second kappa shape index (κ2) is 10.7. The zero-order valence-corrected chi connectivity index (χ0v) is 24.8. The molecule has 0 fully saturated rings. The summed E-state index contributed by atoms with van der Waals surface area (Å²) in [6.45, 7) is 0. The van der Waals surface area contributed by atoms with Gasteiger partial charge in [-0.05, 0) is 46.5 Å². The maximum absolute atomic E-state index is 12.1. The van der Waals surface area contributed by atoms with Gasteiger partial charge in [0.05, 0.1) is 22.3 Å². The average Bonchev–Trinajstić information content (AvgIpc) is 3.74. The first-order valence-electron chi connectivity index (χ1n) is 13.7. The Morgan fingerprint density at radius 2 is 1.30 bits per heavy atom. The Kier molecular flexibility index (Phi) is 6.72. The van der Waals surface area contributed by atoms with Gasteiger partial charge in [0.1, 0.15) is 16.1 Å². The van der Waals surface area contributed by atoms with E-state index in [1.165, 1.54) is 23.9 Å². The van der Waals surface area contributed by atoms with Crippen molar-refractivity contribution in [1.29, 1.82) is 0 Å². The van der Waals surface area contributed by atoms with E-state index in [1.54, 1.807) is 6.07 Å². The van der Waals surface area contributed by atoms with E-state index in [1.807, 2.05) is 47.3 Å². The first kappa shape index (κ1) is 26.9. The van der Waals surface area contributed by atoms with Gasteiger partial charge in [-0.2, -0.15) is 5.10 Å². The van der Waals surface area contributed by atoms with Gasteiger partial charge in [-0.25, -0.2) is 18.4 Å². The van der Waals surface area contributed by atoms with Crippen LogP contribution in [-0.2, 0) is 15.4 Å². The third kappa shape index (κ3) is 4.74. The maximum Gasteiger partial charge on any atom is 0.184 e. The van der Waals surface area contributed by atoms with Gasteiger partial charge in [-0.1, -0.05) is 97.1 Å². The molecule has 3 aromatic heterocycles. The second-order valence-corrected chi connectivity index (χ2v) is 13.7. The number of aromatic nitrogens is 4. The van der Waals surface area contributed by atoms with Crippen molar-refractivity contribution >= 4 is 32.1 Å². The minimum absolute atomic E-state index is 0.311. The first-order chi connectivity index (χ1) is 20.9. The number of fused-ring (bicyclic) bond motifs is 1. The van der Waals surface area contributed by atoms with E-state index in [4.69, 9.17) is 5.10 Å². The molecule has 0 amide bonds. The summed E-state index contributed by atoms with van der Waals surface area (Å²) in [6.07, 6.45) is 6.71. The number of sulfone groups is 1. The fraction of sp³-hybridized carbons (Fsp3) is 0.0571. The molecule has 7 aromatic rings. The molecule has 0 saturated heterocycles. The number of rotatable bonds is 7. The molecule has 0 atom stereocenters. The summed E-state index contributed by atoms with van der Waals surface area (Å²) in [6, 6.07) is 40.8. The quantitative estimate of drug-likeness (QED) is 0.178. The Labute approximate surface area is 253 Å². The molecular weight excluding hydrogens is 573 g/mol. The van der Waals surface area contributed by atoms with Crippen LogP contribution < -0.4 is 0 Å². The summed E-state index contributed by atoms with van der Waals surface area (Å²) >= 11 is 1.22. The van der Waals surface area contributed by atoms with E-state index in [9.17, 15) is 8.42 Å². The molecule has 7 rings (SSSR count). The minimum Gasteiger partial charge on any atom is -0.252 e. The fourth-order valence-electron chi connectivity index (χ4n) is 5.67. The molecule has 210 valence electrons. The summed E-state index contributed by atoms with van der Waals surface area (Å²) in [5.41, 5.74) is 5.94. The van der Waals surface area contributed by atoms with Crippen LogP contribution in [0.25, 0.3) is 32.6 Å². The molecule has 43 heavy (non-hydrogen) atoms. The Hall–Kier alpha value is -4.92. The van der Waals surface area contributed by atoms with Gasteiger partial charge in [0.25, 0.3) is 0 Å². The van der Waals surface area contributed by atoms with Crippen LogP contribution in [0.1, 0.15) is 16.7 Å². The van der Waals surface area contributed by atoms with E-state index in [2.05, 4.69) is 95.0 Å². The maximum atomic E-state index is 12.1. The smallest absolute Gasteiger partial charge is 0.184 e.